The molecule has 166 valence electrons. The SMILES string of the molecule is C[C@H]1C[C@H]2[C@](C)(N=C(NC(=O)OC(C)(C)C)C(C)(C)S2(=O)=O)c2cc(N)ccc2O1. The number of benzene rings is 1. The highest BCUT2D eigenvalue weighted by atomic mass is 32.2. The van der Waals surface area contributed by atoms with Gasteiger partial charge < -0.3 is 15.2 Å². The Morgan fingerprint density at radius 1 is 1.30 bits per heavy atom. The summed E-state index contributed by atoms with van der Waals surface area (Å²) >= 11 is 0. The first-order valence-electron chi connectivity index (χ1n) is 9.98. The van der Waals surface area contributed by atoms with Gasteiger partial charge in [-0.25, -0.2) is 13.2 Å². The number of carbonyl (C=O) groups excluding carboxylic acids is 1. The molecular formula is C21H31N3O5S. The second-order valence-electron chi connectivity index (χ2n) is 9.70. The summed E-state index contributed by atoms with van der Waals surface area (Å²) in [5, 5.41) is 1.75. The van der Waals surface area contributed by atoms with Crippen molar-refractivity contribution in [2.45, 2.75) is 82.1 Å². The van der Waals surface area contributed by atoms with Crippen LogP contribution < -0.4 is 15.8 Å². The number of ether oxygens (including phenoxy) is 2. The number of anilines is 1. The Morgan fingerprint density at radius 3 is 2.53 bits per heavy atom. The molecule has 0 radical (unpaired) electrons. The molecule has 0 fully saturated rings. The van der Waals surface area contributed by atoms with E-state index in [0.29, 0.717) is 17.0 Å². The summed E-state index contributed by atoms with van der Waals surface area (Å²) in [6.07, 6.45) is -0.821. The van der Waals surface area contributed by atoms with Crippen molar-refractivity contribution < 1.29 is 22.7 Å². The zero-order valence-electron chi connectivity index (χ0n) is 18.6. The first kappa shape index (κ1) is 22.4. The molecular weight excluding hydrogens is 406 g/mol. The third kappa shape index (κ3) is 3.64. The van der Waals surface area contributed by atoms with Crippen molar-refractivity contribution in [3.8, 4) is 5.75 Å². The van der Waals surface area contributed by atoms with E-state index in [2.05, 4.69) is 5.32 Å². The fraction of sp³-hybridized carbons (Fsp3) is 0.619. The van der Waals surface area contributed by atoms with Gasteiger partial charge in [-0.1, -0.05) is 0 Å². The second-order valence-corrected chi connectivity index (χ2v) is 12.4. The highest BCUT2D eigenvalue weighted by Crippen LogP contribution is 2.49. The molecule has 1 amide bonds. The molecule has 2 aliphatic heterocycles. The van der Waals surface area contributed by atoms with Crippen LogP contribution in [-0.4, -0.2) is 42.0 Å². The van der Waals surface area contributed by atoms with Crippen LogP contribution >= 0.6 is 0 Å². The Kier molecular flexibility index (Phi) is 5.13. The van der Waals surface area contributed by atoms with Gasteiger partial charge in [-0.3, -0.25) is 10.3 Å². The number of carbonyl (C=O) groups is 1. The number of hydrogen-bond acceptors (Lipinski definition) is 7. The lowest BCUT2D eigenvalue weighted by Gasteiger charge is -2.44. The molecule has 0 unspecified atom stereocenters. The normalized spacial score (nSPS) is 29.4. The number of alkyl carbamates (subject to hydrolysis) is 1. The van der Waals surface area contributed by atoms with Gasteiger partial charge in [0.2, 0.25) is 0 Å². The molecule has 3 atom stereocenters. The molecule has 0 spiro atoms. The van der Waals surface area contributed by atoms with Crippen molar-refractivity contribution in [3.05, 3.63) is 23.8 Å². The van der Waals surface area contributed by atoms with Crippen LogP contribution in [0.25, 0.3) is 0 Å². The van der Waals surface area contributed by atoms with Gasteiger partial charge in [0.15, 0.2) is 9.84 Å². The summed E-state index contributed by atoms with van der Waals surface area (Å²) in [4.78, 5) is 17.3. The van der Waals surface area contributed by atoms with E-state index in [1.807, 2.05) is 6.92 Å². The number of nitrogens with one attached hydrogen (secondary N) is 1. The smallest absolute Gasteiger partial charge is 0.413 e. The number of nitrogens with zero attached hydrogens (tertiary/aromatic N) is 1. The molecule has 9 heteroatoms. The number of fused-ring (bicyclic) bond motifs is 3. The van der Waals surface area contributed by atoms with Crippen LogP contribution in [0.15, 0.2) is 23.2 Å². The molecule has 0 aliphatic carbocycles. The zero-order chi connectivity index (χ0) is 22.7. The van der Waals surface area contributed by atoms with Gasteiger partial charge in [-0.05, 0) is 66.7 Å². The van der Waals surface area contributed by atoms with E-state index in [4.69, 9.17) is 20.2 Å². The number of nitrogen functional groups attached to an aromatic ring is 1. The minimum Gasteiger partial charge on any atom is -0.490 e. The molecule has 30 heavy (non-hydrogen) atoms. The van der Waals surface area contributed by atoms with Crippen molar-refractivity contribution in [1.29, 1.82) is 0 Å². The first-order chi connectivity index (χ1) is 13.6. The van der Waals surface area contributed by atoms with E-state index in [0.717, 1.165) is 0 Å². The first-order valence-corrected chi connectivity index (χ1v) is 11.5. The third-order valence-electron chi connectivity index (χ3n) is 5.67. The number of nitrogens with two attached hydrogens (primary N) is 1. The van der Waals surface area contributed by atoms with Crippen molar-refractivity contribution >= 4 is 27.5 Å². The van der Waals surface area contributed by atoms with Crippen LogP contribution in [0.3, 0.4) is 0 Å². The van der Waals surface area contributed by atoms with Crippen LogP contribution in [0.1, 0.15) is 60.5 Å². The number of hydrogen-bond donors (Lipinski definition) is 2. The number of amides is 1. The molecule has 0 saturated carbocycles. The van der Waals surface area contributed by atoms with E-state index in [9.17, 15) is 13.2 Å². The van der Waals surface area contributed by atoms with Gasteiger partial charge in [-0.15, -0.1) is 0 Å². The van der Waals surface area contributed by atoms with Crippen molar-refractivity contribution in [1.82, 2.24) is 5.32 Å². The molecule has 0 bridgehead atoms. The lowest BCUT2D eigenvalue weighted by molar-refractivity contribution is 0.0560. The topological polar surface area (TPSA) is 120 Å². The highest BCUT2D eigenvalue weighted by molar-refractivity contribution is 7.94. The van der Waals surface area contributed by atoms with Crippen LogP contribution in [0.2, 0.25) is 0 Å². The largest absolute Gasteiger partial charge is 0.490 e. The predicted octanol–water partition coefficient (Wildman–Crippen LogP) is 3.15. The van der Waals surface area contributed by atoms with E-state index >= 15 is 0 Å². The fourth-order valence-corrected chi connectivity index (χ4v) is 6.40. The summed E-state index contributed by atoms with van der Waals surface area (Å²) in [5.41, 5.74) is 5.15. The summed E-state index contributed by atoms with van der Waals surface area (Å²) in [5.74, 6) is 0.579. The molecule has 1 aromatic carbocycles. The standard InChI is InChI=1S/C21H31N3O5S/c1-12-10-16-21(7,14-11-13(22)8-9-15(14)28-12)24-17(20(5,6)30(16,26)27)23-18(25)29-19(2,3)4/h8-9,11-12,16H,10,22H2,1-7H3,(H,23,24,25)/t12-,16-,21+/m0/s1. The van der Waals surface area contributed by atoms with Crippen LogP contribution in [0, 0.1) is 0 Å². The van der Waals surface area contributed by atoms with E-state index in [1.54, 1.807) is 59.7 Å². The Bertz CT molecular complexity index is 1010. The Hall–Kier alpha value is -2.29. The Morgan fingerprint density at radius 2 is 1.93 bits per heavy atom. The van der Waals surface area contributed by atoms with E-state index in [1.165, 1.54) is 0 Å². The monoisotopic (exact) mass is 437 g/mol. The minimum absolute atomic E-state index is 0.0402. The number of sulfone groups is 1. The lowest BCUT2D eigenvalue weighted by atomic mass is 9.85. The van der Waals surface area contributed by atoms with E-state index < -0.39 is 37.1 Å². The molecule has 0 saturated heterocycles. The Labute approximate surface area is 178 Å². The average molecular weight is 438 g/mol. The molecule has 2 aliphatic rings. The number of amidine groups is 1. The molecule has 8 nitrogen and oxygen atoms in total. The average Bonchev–Trinajstić information content (AvgIpc) is 2.67. The second kappa shape index (κ2) is 6.87. The minimum atomic E-state index is -3.79. The maximum atomic E-state index is 13.8. The van der Waals surface area contributed by atoms with Crippen molar-refractivity contribution in [2.24, 2.45) is 4.99 Å². The summed E-state index contributed by atoms with van der Waals surface area (Å²) in [6.45, 7) is 11.9. The molecule has 3 rings (SSSR count). The van der Waals surface area contributed by atoms with Gasteiger partial charge in [-0.2, -0.15) is 0 Å². The van der Waals surface area contributed by atoms with Gasteiger partial charge in [0, 0.05) is 17.7 Å². The van der Waals surface area contributed by atoms with Gasteiger partial charge in [0.05, 0.1) is 11.4 Å². The molecule has 0 aromatic heterocycles. The van der Waals surface area contributed by atoms with Crippen molar-refractivity contribution in [2.75, 3.05) is 5.73 Å². The maximum absolute atomic E-state index is 13.8. The predicted molar refractivity (Wildman–Crippen MR) is 117 cm³/mol. The summed E-state index contributed by atoms with van der Waals surface area (Å²) in [7, 11) is -3.79. The third-order valence-corrected chi connectivity index (χ3v) is 8.69. The van der Waals surface area contributed by atoms with Crippen molar-refractivity contribution in [3.63, 3.8) is 0 Å². The highest BCUT2D eigenvalue weighted by Gasteiger charge is 2.59. The molecule has 1 aromatic rings. The fourth-order valence-electron chi connectivity index (χ4n) is 4.01. The molecule has 2 heterocycles. The number of rotatable bonds is 0. The quantitative estimate of drug-likeness (QED) is 0.602. The van der Waals surface area contributed by atoms with Crippen LogP contribution in [0.4, 0.5) is 10.5 Å². The maximum Gasteiger partial charge on any atom is 0.413 e. The van der Waals surface area contributed by atoms with Gasteiger partial charge >= 0.3 is 6.09 Å². The number of aliphatic imine (C=N–C) groups is 1. The van der Waals surface area contributed by atoms with Crippen LogP contribution in [-0.2, 0) is 20.1 Å². The van der Waals surface area contributed by atoms with Crippen LogP contribution in [0.5, 0.6) is 5.75 Å². The summed E-state index contributed by atoms with van der Waals surface area (Å²) in [6, 6.07) is 5.14. The summed E-state index contributed by atoms with van der Waals surface area (Å²) < 4.78 is 37.5. The Balaban J connectivity index is 2.21. The molecule has 3 N–H and O–H groups in total. The van der Waals surface area contributed by atoms with E-state index in [-0.39, 0.29) is 18.4 Å². The lowest BCUT2D eigenvalue weighted by Crippen LogP contribution is -2.62. The van der Waals surface area contributed by atoms with Gasteiger partial charge in [0.1, 0.15) is 27.5 Å². The zero-order valence-corrected chi connectivity index (χ0v) is 19.4. The van der Waals surface area contributed by atoms with Gasteiger partial charge in [0.25, 0.3) is 0 Å².